The molecule has 0 aromatic heterocycles. The molecule has 0 saturated carbocycles. The van der Waals surface area contributed by atoms with Crippen LogP contribution in [0.4, 0.5) is 57.9 Å². The molecule has 0 unspecified atom stereocenters. The molecule has 5 rings (SSSR count). The molecule has 4 aromatic rings. The van der Waals surface area contributed by atoms with Crippen molar-refractivity contribution in [3.63, 3.8) is 0 Å². The van der Waals surface area contributed by atoms with Crippen LogP contribution in [0.1, 0.15) is 16.7 Å². The third kappa shape index (κ3) is 8.90. The average molecular weight is 760 g/mol. The van der Waals surface area contributed by atoms with Gasteiger partial charge in [-0.25, -0.2) is 65.3 Å². The Morgan fingerprint density at radius 1 is 0.745 bits per heavy atom. The van der Waals surface area contributed by atoms with Gasteiger partial charge in [0.1, 0.15) is 17.3 Å². The zero-order valence-corrected chi connectivity index (χ0v) is 28.1. The minimum absolute atomic E-state index is 0.0467. The lowest BCUT2D eigenvalue weighted by Gasteiger charge is -2.23. The molecule has 0 saturated heterocycles. The molecule has 0 radical (unpaired) electrons. The normalized spacial score (nSPS) is 11.7. The monoisotopic (exact) mass is 758 g/mol. The highest BCUT2D eigenvalue weighted by atomic mass is 35.8. The number of benzene rings is 4. The fourth-order valence-corrected chi connectivity index (χ4v) is 4.49. The summed E-state index contributed by atoms with van der Waals surface area (Å²) in [6.45, 7) is 3.59. The first-order chi connectivity index (χ1) is 22.0. The van der Waals surface area contributed by atoms with E-state index in [2.05, 4.69) is 0 Å². The number of hydrogen-bond donors (Lipinski definition) is 0. The number of alkyl halides is 1. The van der Waals surface area contributed by atoms with E-state index in [1.165, 1.54) is 18.2 Å². The third-order valence-corrected chi connectivity index (χ3v) is 6.58. The zero-order valence-electron chi connectivity index (χ0n) is 23.9. The van der Waals surface area contributed by atoms with E-state index in [1.807, 2.05) is 6.92 Å². The average Bonchev–Trinajstić information content (AvgIpc) is 3.31. The maximum Gasteiger partial charge on any atom is 0.643 e. The summed E-state index contributed by atoms with van der Waals surface area (Å²) in [6.07, 6.45) is -0.0467. The highest BCUT2D eigenvalue weighted by Gasteiger charge is 2.34. The fraction of sp³-hybridized carbons (Fsp3) is 0.133. The SMILES string of the molecule is Cc1ccc(N(C(=O)CCl)c2c(F)cc(F)c(F)c2F)cc1.Cc1ccc2c(c1)CC(=O)N2c1c(F)cc(F)c(F)c1F.[Cl][Al]([Cl])[Cl]. The number of aryl methyl sites for hydroxylation is 2. The number of anilines is 4. The zero-order chi connectivity index (χ0) is 35.3. The van der Waals surface area contributed by atoms with E-state index in [0.717, 1.165) is 16.0 Å². The maximum absolute atomic E-state index is 13.9. The molecule has 4 aromatic carbocycles. The van der Waals surface area contributed by atoms with Crippen molar-refractivity contribution in [2.24, 2.45) is 0 Å². The molecular weight excluding hydrogens is 741 g/mol. The fourth-order valence-electron chi connectivity index (χ4n) is 4.37. The van der Waals surface area contributed by atoms with Crippen molar-refractivity contribution in [3.05, 3.63) is 118 Å². The summed E-state index contributed by atoms with van der Waals surface area (Å²) in [6, 6.07) is 11.3. The third-order valence-electron chi connectivity index (χ3n) is 6.35. The molecule has 1 aliphatic heterocycles. The van der Waals surface area contributed by atoms with E-state index in [9.17, 15) is 44.7 Å². The van der Waals surface area contributed by atoms with Crippen molar-refractivity contribution >= 4 is 87.7 Å². The Morgan fingerprint density at radius 3 is 1.81 bits per heavy atom. The Bertz CT molecular complexity index is 1810. The minimum Gasteiger partial charge on any atom is -0.275 e. The summed E-state index contributed by atoms with van der Waals surface area (Å²) in [5.41, 5.74) is 0.774. The van der Waals surface area contributed by atoms with Crippen LogP contribution in [0.15, 0.2) is 54.6 Å². The second-order valence-electron chi connectivity index (χ2n) is 9.62. The predicted octanol–water partition coefficient (Wildman–Crippen LogP) is 9.91. The van der Waals surface area contributed by atoms with Crippen LogP contribution in [-0.2, 0) is 16.0 Å². The van der Waals surface area contributed by atoms with Crippen LogP contribution in [0, 0.1) is 60.4 Å². The van der Waals surface area contributed by atoms with Gasteiger partial charge in [-0.15, -0.1) is 11.6 Å². The molecule has 0 fully saturated rings. The second kappa shape index (κ2) is 16.4. The number of carbonyl (C=O) groups excluding carboxylic acids is 2. The van der Waals surface area contributed by atoms with Gasteiger partial charge < -0.3 is 0 Å². The van der Waals surface area contributed by atoms with E-state index >= 15 is 0 Å². The lowest BCUT2D eigenvalue weighted by molar-refractivity contribution is -0.117. The van der Waals surface area contributed by atoms with Crippen LogP contribution in [0.2, 0.25) is 0 Å². The Morgan fingerprint density at radius 2 is 1.26 bits per heavy atom. The molecule has 0 bridgehead atoms. The molecule has 1 aliphatic rings. The van der Waals surface area contributed by atoms with Crippen LogP contribution >= 0.6 is 41.7 Å². The predicted molar refractivity (Wildman–Crippen MR) is 167 cm³/mol. The Hall–Kier alpha value is -3.05. The van der Waals surface area contributed by atoms with Crippen LogP contribution in [0.5, 0.6) is 0 Å². The number of carbonyl (C=O) groups is 2. The molecular formula is C30H19AlCl4F8N2O2. The molecule has 1 heterocycles. The van der Waals surface area contributed by atoms with E-state index in [4.69, 9.17) is 41.7 Å². The van der Waals surface area contributed by atoms with E-state index in [0.29, 0.717) is 10.5 Å². The van der Waals surface area contributed by atoms with Gasteiger partial charge in [0.25, 0.3) is 0 Å². The molecule has 0 atom stereocenters. The number of amides is 2. The van der Waals surface area contributed by atoms with Crippen molar-refractivity contribution in [1.82, 2.24) is 0 Å². The first-order valence-corrected chi connectivity index (χ1v) is 18.7. The summed E-state index contributed by atoms with van der Waals surface area (Å²) in [7, 11) is 14.8. The van der Waals surface area contributed by atoms with Crippen molar-refractivity contribution < 1.29 is 44.7 Å². The van der Waals surface area contributed by atoms with Gasteiger partial charge in [0, 0.05) is 17.8 Å². The number of fused-ring (bicyclic) bond motifs is 1. The molecule has 2 amide bonds. The van der Waals surface area contributed by atoms with Crippen LogP contribution in [-0.4, -0.2) is 29.1 Å². The first kappa shape index (κ1) is 38.4. The van der Waals surface area contributed by atoms with E-state index < -0.39 is 87.0 Å². The van der Waals surface area contributed by atoms with Gasteiger partial charge in [0.2, 0.25) is 11.8 Å². The molecule has 17 heteroatoms. The van der Waals surface area contributed by atoms with Crippen molar-refractivity contribution in [1.29, 1.82) is 0 Å². The quantitative estimate of drug-likeness (QED) is 0.0684. The van der Waals surface area contributed by atoms with Gasteiger partial charge >= 0.3 is 11.4 Å². The summed E-state index contributed by atoms with van der Waals surface area (Å²) in [5.74, 6) is -15.3. The topological polar surface area (TPSA) is 40.6 Å². The highest BCUT2D eigenvalue weighted by Crippen LogP contribution is 2.39. The number of nitrogens with zero attached hydrogens (tertiary/aromatic N) is 2. The molecule has 4 nitrogen and oxygen atoms in total. The standard InChI is InChI=1S/C15H10ClF4NO.C15H9F4NO.Al.3ClH/c1-8-2-4-9(5-3-8)21(12(22)7-16)15-11(18)6-10(17)13(19)14(15)20;1-7-2-3-11-8(4-7)5-12(21)20(11)15-10(17)6-9(16)13(18)14(15)19;;;;/h2-6H,7H2,1H3;2-4,6H,5H2,1H3;;3*1H/q;;+3;;;/p-3. The number of rotatable bonds is 4. The van der Waals surface area contributed by atoms with Crippen molar-refractivity contribution in [3.8, 4) is 0 Å². The van der Waals surface area contributed by atoms with E-state index in [1.54, 1.807) is 31.2 Å². The minimum atomic E-state index is -1.86. The van der Waals surface area contributed by atoms with Crippen LogP contribution in [0.25, 0.3) is 0 Å². The molecule has 0 aliphatic carbocycles. The largest absolute Gasteiger partial charge is 0.643 e. The van der Waals surface area contributed by atoms with Gasteiger partial charge in [-0.2, -0.15) is 0 Å². The first-order valence-electron chi connectivity index (χ1n) is 13.0. The van der Waals surface area contributed by atoms with Gasteiger partial charge in [0.15, 0.2) is 46.5 Å². The van der Waals surface area contributed by atoms with Gasteiger partial charge in [-0.05, 0) is 37.6 Å². The summed E-state index contributed by atoms with van der Waals surface area (Å²) < 4.78 is 108. The summed E-state index contributed by atoms with van der Waals surface area (Å²) in [4.78, 5) is 25.3. The second-order valence-corrected chi connectivity index (χ2v) is 16.3. The van der Waals surface area contributed by atoms with Gasteiger partial charge in [-0.3, -0.25) is 19.4 Å². The van der Waals surface area contributed by atoms with Gasteiger partial charge in [0.05, 0.1) is 12.1 Å². The summed E-state index contributed by atoms with van der Waals surface area (Å²) in [5, 5.41) is 0. The number of hydrogen-bond acceptors (Lipinski definition) is 2. The molecule has 0 spiro atoms. The number of halogens is 12. The van der Waals surface area contributed by atoms with Crippen LogP contribution in [0.3, 0.4) is 0 Å². The van der Waals surface area contributed by atoms with Crippen LogP contribution < -0.4 is 9.80 Å². The van der Waals surface area contributed by atoms with E-state index in [-0.39, 0.29) is 29.9 Å². The van der Waals surface area contributed by atoms with Crippen molar-refractivity contribution in [2.75, 3.05) is 15.7 Å². The summed E-state index contributed by atoms with van der Waals surface area (Å²) >= 11 is 3.73. The Labute approximate surface area is 285 Å². The van der Waals surface area contributed by atoms with Gasteiger partial charge in [-0.1, -0.05) is 35.4 Å². The highest BCUT2D eigenvalue weighted by molar-refractivity contribution is 7.54. The smallest absolute Gasteiger partial charge is 0.275 e. The Kier molecular flexibility index (Phi) is 13.4. The molecule has 248 valence electrons. The van der Waals surface area contributed by atoms with Crippen molar-refractivity contribution in [2.45, 2.75) is 20.3 Å². The lowest BCUT2D eigenvalue weighted by atomic mass is 10.1. The molecule has 0 N–H and O–H groups in total. The Balaban J connectivity index is 0.000000230. The molecule has 47 heavy (non-hydrogen) atoms. The maximum atomic E-state index is 13.9. The lowest BCUT2D eigenvalue weighted by Crippen LogP contribution is -2.29.